The number of thiocarbonyl (C=S) groups is 1. The number of anilines is 1. The highest BCUT2D eigenvalue weighted by Gasteiger charge is 2.08. The second-order valence-corrected chi connectivity index (χ2v) is 2.86. The normalized spacial score (nSPS) is 9.62. The number of hydrogen-bond acceptors (Lipinski definition) is 3. The number of rotatable bonds is 3. The third-order valence-corrected chi connectivity index (χ3v) is 1.71. The average molecular weight is 198 g/mol. The van der Waals surface area contributed by atoms with Gasteiger partial charge in [0.1, 0.15) is 10.8 Å². The number of nitrogens with one attached hydrogen (secondary N) is 2. The van der Waals surface area contributed by atoms with Crippen molar-refractivity contribution in [2.75, 3.05) is 5.32 Å². The minimum Gasteiger partial charge on any atom is -0.389 e. The largest absolute Gasteiger partial charge is 0.389 e. The van der Waals surface area contributed by atoms with E-state index in [1.165, 1.54) is 6.20 Å². The molecule has 13 heavy (non-hydrogen) atoms. The lowest BCUT2D eigenvalue weighted by Crippen LogP contribution is -2.15. The van der Waals surface area contributed by atoms with Crippen molar-refractivity contribution in [3.05, 3.63) is 11.8 Å². The van der Waals surface area contributed by atoms with Crippen molar-refractivity contribution in [1.29, 1.82) is 0 Å². The molecule has 0 spiro atoms. The van der Waals surface area contributed by atoms with Crippen LogP contribution in [0.3, 0.4) is 0 Å². The first-order valence-corrected chi connectivity index (χ1v) is 4.19. The highest BCUT2D eigenvalue weighted by atomic mass is 32.1. The van der Waals surface area contributed by atoms with E-state index in [0.717, 1.165) is 0 Å². The lowest BCUT2D eigenvalue weighted by Gasteiger charge is -2.01. The maximum atomic E-state index is 11.0. The Balaban J connectivity index is 2.82. The van der Waals surface area contributed by atoms with Gasteiger partial charge in [-0.25, -0.2) is 0 Å². The van der Waals surface area contributed by atoms with E-state index in [9.17, 15) is 4.79 Å². The summed E-state index contributed by atoms with van der Waals surface area (Å²) in [6.07, 6.45) is 1.88. The van der Waals surface area contributed by atoms with Gasteiger partial charge in [0.05, 0.1) is 11.8 Å². The molecule has 1 heterocycles. The molecule has 0 saturated carbocycles. The van der Waals surface area contributed by atoms with E-state index >= 15 is 0 Å². The number of nitrogens with two attached hydrogens (primary N) is 1. The molecule has 0 bridgehead atoms. The molecule has 70 valence electrons. The summed E-state index contributed by atoms with van der Waals surface area (Å²) in [5.74, 6) is 0.348. The van der Waals surface area contributed by atoms with E-state index in [1.54, 1.807) is 6.92 Å². The van der Waals surface area contributed by atoms with Gasteiger partial charge in [0, 0.05) is 6.42 Å². The van der Waals surface area contributed by atoms with Crippen LogP contribution in [0.2, 0.25) is 0 Å². The average Bonchev–Trinajstić information content (AvgIpc) is 2.52. The van der Waals surface area contributed by atoms with E-state index in [2.05, 4.69) is 15.5 Å². The Morgan fingerprint density at radius 3 is 3.08 bits per heavy atom. The second-order valence-electron chi connectivity index (χ2n) is 2.42. The van der Waals surface area contributed by atoms with Crippen LogP contribution >= 0.6 is 12.2 Å². The minimum atomic E-state index is -0.109. The van der Waals surface area contributed by atoms with Crippen LogP contribution in [0, 0.1) is 0 Å². The van der Waals surface area contributed by atoms with E-state index < -0.39 is 0 Å². The van der Waals surface area contributed by atoms with Crippen molar-refractivity contribution in [3.63, 3.8) is 0 Å². The Hall–Kier alpha value is -1.43. The van der Waals surface area contributed by atoms with Gasteiger partial charge in [-0.15, -0.1) is 0 Å². The number of amides is 1. The number of nitrogens with zero attached hydrogens (tertiary/aromatic N) is 1. The molecule has 4 N–H and O–H groups in total. The van der Waals surface area contributed by atoms with E-state index in [4.69, 9.17) is 18.0 Å². The highest BCUT2D eigenvalue weighted by Crippen LogP contribution is 2.10. The predicted octanol–water partition coefficient (Wildman–Crippen LogP) is 0.392. The van der Waals surface area contributed by atoms with E-state index in [-0.39, 0.29) is 10.9 Å². The van der Waals surface area contributed by atoms with Gasteiger partial charge in [-0.3, -0.25) is 9.89 Å². The van der Waals surface area contributed by atoms with Gasteiger partial charge in [0.15, 0.2) is 0 Å². The van der Waals surface area contributed by atoms with E-state index in [0.29, 0.717) is 17.8 Å². The topological polar surface area (TPSA) is 83.8 Å². The molecule has 0 radical (unpaired) electrons. The van der Waals surface area contributed by atoms with Crippen LogP contribution in [0.5, 0.6) is 0 Å². The Morgan fingerprint density at radius 2 is 2.54 bits per heavy atom. The molecule has 0 aliphatic carbocycles. The summed E-state index contributed by atoms with van der Waals surface area (Å²) in [5, 5.41) is 8.92. The van der Waals surface area contributed by atoms with Crippen LogP contribution in [0.4, 0.5) is 5.82 Å². The fourth-order valence-electron chi connectivity index (χ4n) is 0.796. The molecular weight excluding hydrogens is 188 g/mol. The van der Waals surface area contributed by atoms with Crippen LogP contribution in [0.1, 0.15) is 18.9 Å². The van der Waals surface area contributed by atoms with Crippen molar-refractivity contribution in [1.82, 2.24) is 10.2 Å². The third kappa shape index (κ3) is 2.25. The van der Waals surface area contributed by atoms with Gasteiger partial charge >= 0.3 is 0 Å². The molecule has 0 fully saturated rings. The Labute approximate surface area is 80.7 Å². The summed E-state index contributed by atoms with van der Waals surface area (Å²) >= 11 is 4.76. The van der Waals surface area contributed by atoms with Crippen LogP contribution in [-0.2, 0) is 4.79 Å². The van der Waals surface area contributed by atoms with Gasteiger partial charge in [-0.2, -0.15) is 5.10 Å². The van der Waals surface area contributed by atoms with Crippen molar-refractivity contribution >= 4 is 28.9 Å². The molecule has 0 aromatic carbocycles. The first kappa shape index (κ1) is 9.66. The quantitative estimate of drug-likeness (QED) is 0.613. The second kappa shape index (κ2) is 3.99. The lowest BCUT2D eigenvalue weighted by molar-refractivity contribution is -0.115. The smallest absolute Gasteiger partial charge is 0.225 e. The van der Waals surface area contributed by atoms with Crippen LogP contribution < -0.4 is 11.1 Å². The summed E-state index contributed by atoms with van der Waals surface area (Å²) in [6, 6.07) is 0. The molecular formula is C7H10N4OS. The molecule has 1 amide bonds. The predicted molar refractivity (Wildman–Crippen MR) is 53.4 cm³/mol. The molecule has 1 rings (SSSR count). The molecule has 0 saturated heterocycles. The molecule has 1 aromatic heterocycles. The Kier molecular flexibility index (Phi) is 2.97. The van der Waals surface area contributed by atoms with Gasteiger partial charge in [-0.05, 0) is 0 Å². The third-order valence-electron chi connectivity index (χ3n) is 1.49. The van der Waals surface area contributed by atoms with Crippen LogP contribution in [0.25, 0.3) is 0 Å². The Bertz CT molecular complexity index is 333. The molecule has 0 atom stereocenters. The summed E-state index contributed by atoms with van der Waals surface area (Å²) in [6.45, 7) is 1.76. The van der Waals surface area contributed by atoms with Crippen molar-refractivity contribution in [3.8, 4) is 0 Å². The zero-order chi connectivity index (χ0) is 9.84. The van der Waals surface area contributed by atoms with Gasteiger partial charge in [0.25, 0.3) is 0 Å². The van der Waals surface area contributed by atoms with Crippen LogP contribution in [0.15, 0.2) is 6.20 Å². The number of hydrogen-bond donors (Lipinski definition) is 3. The summed E-state index contributed by atoms with van der Waals surface area (Å²) < 4.78 is 0. The number of H-pyrrole nitrogens is 1. The molecule has 0 unspecified atom stereocenters. The first-order valence-electron chi connectivity index (χ1n) is 3.78. The molecule has 0 aliphatic heterocycles. The molecule has 6 heteroatoms. The van der Waals surface area contributed by atoms with E-state index in [1.807, 2.05) is 0 Å². The highest BCUT2D eigenvalue weighted by molar-refractivity contribution is 7.80. The first-order chi connectivity index (χ1) is 6.15. The summed E-state index contributed by atoms with van der Waals surface area (Å²) in [7, 11) is 0. The number of carbonyl (C=O) groups excluding carboxylic acids is 1. The van der Waals surface area contributed by atoms with Gasteiger partial charge < -0.3 is 11.1 Å². The fourth-order valence-corrected chi connectivity index (χ4v) is 0.951. The maximum Gasteiger partial charge on any atom is 0.225 e. The van der Waals surface area contributed by atoms with Crippen LogP contribution in [-0.4, -0.2) is 21.1 Å². The number of aromatic nitrogens is 2. The van der Waals surface area contributed by atoms with Crippen molar-refractivity contribution < 1.29 is 4.79 Å². The van der Waals surface area contributed by atoms with Gasteiger partial charge in [0.2, 0.25) is 5.91 Å². The molecule has 5 nitrogen and oxygen atoms in total. The number of aromatic amines is 1. The van der Waals surface area contributed by atoms with Gasteiger partial charge in [-0.1, -0.05) is 19.1 Å². The molecule has 0 aliphatic rings. The Morgan fingerprint density at radius 1 is 1.85 bits per heavy atom. The SMILES string of the molecule is CCC(=O)Nc1[nH]ncc1C(N)=S. The van der Waals surface area contributed by atoms with Crippen molar-refractivity contribution in [2.24, 2.45) is 5.73 Å². The van der Waals surface area contributed by atoms with Crippen molar-refractivity contribution in [2.45, 2.75) is 13.3 Å². The maximum absolute atomic E-state index is 11.0. The number of carbonyl (C=O) groups is 1. The zero-order valence-electron chi connectivity index (χ0n) is 7.13. The molecule has 1 aromatic rings. The summed E-state index contributed by atoms with van der Waals surface area (Å²) in [4.78, 5) is 11.2. The lowest BCUT2D eigenvalue weighted by atomic mass is 10.3. The monoisotopic (exact) mass is 198 g/mol. The minimum absolute atomic E-state index is 0.109. The summed E-state index contributed by atoms with van der Waals surface area (Å²) in [5.41, 5.74) is 5.95. The zero-order valence-corrected chi connectivity index (χ0v) is 7.94. The standard InChI is InChI=1S/C7H10N4OS/c1-2-5(12)10-7-4(6(8)13)3-9-11-7/h3H,2H2,1H3,(H2,8,13)(H2,9,10,11,12). The fraction of sp³-hybridized carbons (Fsp3) is 0.286.